The van der Waals surface area contributed by atoms with Gasteiger partial charge < -0.3 is 19.8 Å². The van der Waals surface area contributed by atoms with Crippen molar-refractivity contribution in [3.63, 3.8) is 0 Å². The van der Waals surface area contributed by atoms with Gasteiger partial charge in [-0.2, -0.15) is 0 Å². The fraction of sp³-hybridized carbons (Fsp3) is 0. The molecule has 0 bridgehead atoms. The zero-order valence-corrected chi connectivity index (χ0v) is 6.70. The first-order chi connectivity index (χ1) is 3.63. The molecule has 0 aliphatic heterocycles. The smallest absolute Gasteiger partial charge is 0.545 e. The Bertz CT molecular complexity index is 126. The van der Waals surface area contributed by atoms with E-state index in [0.29, 0.717) is 12.2 Å². The van der Waals surface area contributed by atoms with Gasteiger partial charge >= 0.3 is 17.1 Å². The molecule has 0 radical (unpaired) electrons. The van der Waals surface area contributed by atoms with Gasteiger partial charge in [0, 0.05) is 17.1 Å². The summed E-state index contributed by atoms with van der Waals surface area (Å²) in [6.45, 7) is 0. The summed E-state index contributed by atoms with van der Waals surface area (Å²) in [6.07, 6.45) is 0.769. The quantitative estimate of drug-likeness (QED) is 0.372. The van der Waals surface area contributed by atoms with Gasteiger partial charge in [-0.3, -0.25) is 0 Å². The maximum atomic E-state index is 9.41. The van der Waals surface area contributed by atoms with Gasteiger partial charge in [0.2, 0.25) is 0 Å². The average Bonchev–Trinajstić information content (AvgIpc) is 1.61. The first-order valence-corrected chi connectivity index (χ1v) is 1.73. The van der Waals surface area contributed by atoms with Crippen LogP contribution in [0.25, 0.3) is 0 Å². The molecular formula is C4H2Fe2O4. The zero-order chi connectivity index (χ0) is 6.57. The molecule has 0 rings (SSSR count). The van der Waals surface area contributed by atoms with Crippen LogP contribution >= 0.6 is 0 Å². The minimum Gasteiger partial charge on any atom is -0.545 e. The number of hydrogen-bond donors (Lipinski definition) is 0. The number of carboxylic acid groups (broad SMARTS) is 2. The van der Waals surface area contributed by atoms with E-state index in [1.807, 2.05) is 0 Å². The minimum atomic E-state index is -1.55. The summed E-state index contributed by atoms with van der Waals surface area (Å²) >= 11 is 0. The topological polar surface area (TPSA) is 80.3 Å². The Morgan fingerprint density at radius 2 is 1.20 bits per heavy atom. The van der Waals surface area contributed by atoms with Crippen molar-refractivity contribution in [2.75, 3.05) is 0 Å². The molecule has 0 heterocycles. The Morgan fingerprint density at radius 3 is 1.30 bits per heavy atom. The summed E-state index contributed by atoms with van der Waals surface area (Å²) < 4.78 is 0. The van der Waals surface area contributed by atoms with E-state index in [-0.39, 0.29) is 34.1 Å². The molecule has 0 saturated carbocycles. The molecule has 0 aromatic heterocycles. The van der Waals surface area contributed by atoms with E-state index in [2.05, 4.69) is 0 Å². The molecular weight excluding hydrogens is 224 g/mol. The van der Waals surface area contributed by atoms with E-state index < -0.39 is 11.9 Å². The fourth-order valence-electron chi connectivity index (χ4n) is 0.136. The molecule has 0 spiro atoms. The molecule has 4 nitrogen and oxygen atoms in total. The van der Waals surface area contributed by atoms with Crippen molar-refractivity contribution in [3.05, 3.63) is 12.2 Å². The fourth-order valence-corrected chi connectivity index (χ4v) is 0.136. The molecule has 0 atom stereocenters. The summed E-state index contributed by atoms with van der Waals surface area (Å²) in [5.74, 6) is -3.09. The molecule has 0 aromatic rings. The first kappa shape index (κ1) is 16.4. The Hall–Kier alpha value is -0.281. The van der Waals surface area contributed by atoms with Crippen LogP contribution in [0.5, 0.6) is 0 Å². The SMILES string of the molecule is O=C([O-])/C=C/C(=O)[O-].[Fe+2].[Fe]. The minimum absolute atomic E-state index is 0. The molecule has 0 saturated heterocycles. The van der Waals surface area contributed by atoms with E-state index in [0.717, 1.165) is 0 Å². The summed E-state index contributed by atoms with van der Waals surface area (Å²) in [6, 6.07) is 0. The second kappa shape index (κ2) is 8.72. The molecule has 6 heteroatoms. The molecule has 10 heavy (non-hydrogen) atoms. The van der Waals surface area contributed by atoms with Gasteiger partial charge in [0.1, 0.15) is 0 Å². The van der Waals surface area contributed by atoms with Crippen LogP contribution in [0.2, 0.25) is 0 Å². The summed E-state index contributed by atoms with van der Waals surface area (Å²) in [5.41, 5.74) is 0. The third kappa shape index (κ3) is 15.6. The normalized spacial score (nSPS) is 7.60. The van der Waals surface area contributed by atoms with Gasteiger partial charge in [0.05, 0.1) is 11.9 Å². The Morgan fingerprint density at radius 1 is 1.00 bits per heavy atom. The van der Waals surface area contributed by atoms with E-state index in [9.17, 15) is 19.8 Å². The summed E-state index contributed by atoms with van der Waals surface area (Å²) in [5, 5.41) is 18.8. The predicted molar refractivity (Wildman–Crippen MR) is 19.2 cm³/mol. The second-order valence-electron chi connectivity index (χ2n) is 0.971. The third-order valence-corrected chi connectivity index (χ3v) is 0.355. The maximum Gasteiger partial charge on any atom is 2.00 e. The van der Waals surface area contributed by atoms with Crippen molar-refractivity contribution in [2.45, 2.75) is 0 Å². The molecule has 0 unspecified atom stereocenters. The molecule has 58 valence electrons. The summed E-state index contributed by atoms with van der Waals surface area (Å²) in [4.78, 5) is 18.8. The van der Waals surface area contributed by atoms with E-state index >= 15 is 0 Å². The van der Waals surface area contributed by atoms with Crippen LogP contribution in [-0.2, 0) is 43.7 Å². The van der Waals surface area contributed by atoms with Gasteiger partial charge in [0.25, 0.3) is 0 Å². The van der Waals surface area contributed by atoms with Crippen molar-refractivity contribution in [3.8, 4) is 0 Å². The molecule has 0 amide bonds. The monoisotopic (exact) mass is 226 g/mol. The number of carboxylic acids is 2. The Kier molecular flexibility index (Phi) is 14.3. The van der Waals surface area contributed by atoms with Crippen molar-refractivity contribution in [1.82, 2.24) is 0 Å². The van der Waals surface area contributed by atoms with Gasteiger partial charge in [-0.25, -0.2) is 0 Å². The van der Waals surface area contributed by atoms with E-state index in [4.69, 9.17) is 0 Å². The van der Waals surface area contributed by atoms with Crippen molar-refractivity contribution >= 4 is 11.9 Å². The van der Waals surface area contributed by atoms with Crippen molar-refractivity contribution < 1.29 is 53.9 Å². The van der Waals surface area contributed by atoms with Crippen LogP contribution < -0.4 is 10.2 Å². The van der Waals surface area contributed by atoms with Crippen molar-refractivity contribution in [2.24, 2.45) is 0 Å². The van der Waals surface area contributed by atoms with Gasteiger partial charge in [0.15, 0.2) is 0 Å². The number of aliphatic carboxylic acids is 2. The Labute approximate surface area is 78.2 Å². The number of carbonyl (C=O) groups excluding carboxylic acids is 2. The van der Waals surface area contributed by atoms with Crippen LogP contribution in [0.3, 0.4) is 0 Å². The van der Waals surface area contributed by atoms with E-state index in [1.165, 1.54) is 0 Å². The standard InChI is InChI=1S/C4H4O4.2Fe/c5-3(6)1-2-4(7)8;;/h1-2H,(H,5,6)(H,7,8);;/q;;+2/p-2/b2-1+;;. The van der Waals surface area contributed by atoms with Gasteiger partial charge in [-0.15, -0.1) is 0 Å². The van der Waals surface area contributed by atoms with Crippen LogP contribution in [0, 0.1) is 0 Å². The molecule has 0 fully saturated rings. The molecule has 0 aliphatic rings. The van der Waals surface area contributed by atoms with Crippen LogP contribution in [0.15, 0.2) is 12.2 Å². The average molecular weight is 226 g/mol. The second-order valence-corrected chi connectivity index (χ2v) is 0.971. The number of carbonyl (C=O) groups is 2. The first-order valence-electron chi connectivity index (χ1n) is 1.73. The zero-order valence-electron chi connectivity index (χ0n) is 4.49. The Balaban J connectivity index is -0.000000245. The van der Waals surface area contributed by atoms with E-state index in [1.54, 1.807) is 0 Å². The largest absolute Gasteiger partial charge is 2.00 e. The summed E-state index contributed by atoms with van der Waals surface area (Å²) in [7, 11) is 0. The maximum absolute atomic E-state index is 9.41. The number of rotatable bonds is 2. The third-order valence-electron chi connectivity index (χ3n) is 0.355. The van der Waals surface area contributed by atoms with Gasteiger partial charge in [-0.1, -0.05) is 0 Å². The molecule has 0 aliphatic carbocycles. The van der Waals surface area contributed by atoms with Gasteiger partial charge in [-0.05, 0) is 12.2 Å². The van der Waals surface area contributed by atoms with Crippen LogP contribution in [0.1, 0.15) is 0 Å². The number of hydrogen-bond acceptors (Lipinski definition) is 4. The predicted octanol–water partition coefficient (Wildman–Crippen LogP) is -2.96. The van der Waals surface area contributed by atoms with Crippen LogP contribution in [-0.4, -0.2) is 11.9 Å². The molecule has 0 aromatic carbocycles. The van der Waals surface area contributed by atoms with Crippen molar-refractivity contribution in [1.29, 1.82) is 0 Å². The van der Waals surface area contributed by atoms with Crippen LogP contribution in [0.4, 0.5) is 0 Å². The molecule has 0 N–H and O–H groups in total.